The highest BCUT2D eigenvalue weighted by atomic mass is 32.1. The summed E-state index contributed by atoms with van der Waals surface area (Å²) < 4.78 is 0. The fourth-order valence-corrected chi connectivity index (χ4v) is 2.15. The maximum absolute atomic E-state index is 9.09. The summed E-state index contributed by atoms with van der Waals surface area (Å²) in [7, 11) is 0. The molecule has 2 rings (SSSR count). The van der Waals surface area contributed by atoms with Gasteiger partial charge in [0.2, 0.25) is 0 Å². The Labute approximate surface area is 98.4 Å². The highest BCUT2D eigenvalue weighted by Crippen LogP contribution is 2.24. The molecule has 0 aliphatic carbocycles. The van der Waals surface area contributed by atoms with E-state index < -0.39 is 0 Å². The van der Waals surface area contributed by atoms with Crippen LogP contribution in [0.4, 0.5) is 5.82 Å². The van der Waals surface area contributed by atoms with E-state index in [1.807, 2.05) is 25.3 Å². The zero-order valence-corrected chi connectivity index (χ0v) is 10.2. The summed E-state index contributed by atoms with van der Waals surface area (Å²) in [5.74, 6) is 1.04. The van der Waals surface area contributed by atoms with Crippen LogP contribution >= 0.6 is 11.3 Å². The highest BCUT2D eigenvalue weighted by Gasteiger charge is 2.13. The van der Waals surface area contributed by atoms with Gasteiger partial charge in [-0.25, -0.2) is 9.97 Å². The molecule has 2 unspecified atom stereocenters. The maximum Gasteiger partial charge on any atom is 0.138 e. The first-order valence-electron chi connectivity index (χ1n) is 5.28. The number of aliphatic hydroxyl groups excluding tert-OH is 1. The van der Waals surface area contributed by atoms with Gasteiger partial charge in [0.05, 0.1) is 5.39 Å². The van der Waals surface area contributed by atoms with Crippen LogP contribution in [0.25, 0.3) is 10.2 Å². The number of anilines is 1. The molecule has 0 saturated carbocycles. The van der Waals surface area contributed by atoms with Gasteiger partial charge in [-0.15, -0.1) is 11.3 Å². The molecule has 2 N–H and O–H groups in total. The molecule has 86 valence electrons. The van der Waals surface area contributed by atoms with Crippen molar-refractivity contribution in [1.82, 2.24) is 9.97 Å². The van der Waals surface area contributed by atoms with E-state index in [4.69, 9.17) is 5.11 Å². The predicted molar refractivity (Wildman–Crippen MR) is 66.7 cm³/mol. The third kappa shape index (κ3) is 2.15. The van der Waals surface area contributed by atoms with E-state index in [2.05, 4.69) is 15.3 Å². The lowest BCUT2D eigenvalue weighted by Crippen LogP contribution is -2.26. The first-order chi connectivity index (χ1) is 7.72. The maximum atomic E-state index is 9.09. The Morgan fingerprint density at radius 3 is 3.00 bits per heavy atom. The molecule has 2 heterocycles. The minimum Gasteiger partial charge on any atom is -0.396 e. The van der Waals surface area contributed by atoms with Gasteiger partial charge in [-0.05, 0) is 24.3 Å². The van der Waals surface area contributed by atoms with Crippen LogP contribution in [0.5, 0.6) is 0 Å². The Kier molecular flexibility index (Phi) is 3.36. The molecule has 2 aromatic rings. The smallest absolute Gasteiger partial charge is 0.138 e. The van der Waals surface area contributed by atoms with Gasteiger partial charge in [-0.2, -0.15) is 0 Å². The molecule has 0 bridgehead atoms. The number of fused-ring (bicyclic) bond motifs is 1. The first-order valence-corrected chi connectivity index (χ1v) is 6.16. The van der Waals surface area contributed by atoms with Crippen LogP contribution in [0.1, 0.15) is 13.8 Å². The molecule has 0 aliphatic heterocycles. The second kappa shape index (κ2) is 4.76. The second-order valence-corrected chi connectivity index (χ2v) is 4.85. The summed E-state index contributed by atoms with van der Waals surface area (Å²) in [6.07, 6.45) is 1.57. The van der Waals surface area contributed by atoms with Crippen molar-refractivity contribution in [3.8, 4) is 0 Å². The number of aliphatic hydroxyl groups is 1. The van der Waals surface area contributed by atoms with E-state index in [9.17, 15) is 0 Å². The van der Waals surface area contributed by atoms with Crippen molar-refractivity contribution in [2.75, 3.05) is 11.9 Å². The molecule has 0 aliphatic rings. The normalized spacial score (nSPS) is 14.9. The summed E-state index contributed by atoms with van der Waals surface area (Å²) in [6, 6.07) is 2.20. The van der Waals surface area contributed by atoms with Crippen LogP contribution in [0, 0.1) is 5.92 Å². The average Bonchev–Trinajstić information content (AvgIpc) is 2.77. The monoisotopic (exact) mass is 237 g/mol. The molecule has 0 radical (unpaired) electrons. The standard InChI is InChI=1S/C11H15N3OS/c1-7(5-15)8(2)14-10-9-3-4-16-11(9)13-6-12-10/h3-4,6-8,15H,5H2,1-2H3,(H,12,13,14). The van der Waals surface area contributed by atoms with Crippen molar-refractivity contribution in [3.63, 3.8) is 0 Å². The predicted octanol–water partition coefficient (Wildman–Crippen LogP) is 2.12. The molecule has 4 nitrogen and oxygen atoms in total. The second-order valence-electron chi connectivity index (χ2n) is 3.95. The topological polar surface area (TPSA) is 58.0 Å². The first kappa shape index (κ1) is 11.3. The molecular formula is C11H15N3OS. The van der Waals surface area contributed by atoms with E-state index in [0.29, 0.717) is 0 Å². The van der Waals surface area contributed by atoms with Crippen LogP contribution in [0.15, 0.2) is 17.8 Å². The van der Waals surface area contributed by atoms with Crippen LogP contribution in [0.3, 0.4) is 0 Å². The Morgan fingerprint density at radius 1 is 1.44 bits per heavy atom. The SMILES string of the molecule is CC(CO)C(C)Nc1ncnc2sccc12. The van der Waals surface area contributed by atoms with Gasteiger partial charge < -0.3 is 10.4 Å². The molecule has 0 spiro atoms. The van der Waals surface area contributed by atoms with Gasteiger partial charge in [0, 0.05) is 12.6 Å². The van der Waals surface area contributed by atoms with Crippen LogP contribution in [-0.2, 0) is 0 Å². The van der Waals surface area contributed by atoms with Crippen molar-refractivity contribution in [1.29, 1.82) is 0 Å². The number of rotatable bonds is 4. The minimum absolute atomic E-state index is 0.173. The van der Waals surface area contributed by atoms with E-state index in [1.54, 1.807) is 17.7 Å². The number of thiophene rings is 1. The van der Waals surface area contributed by atoms with E-state index in [0.717, 1.165) is 16.0 Å². The van der Waals surface area contributed by atoms with Gasteiger partial charge in [-0.3, -0.25) is 0 Å². The lowest BCUT2D eigenvalue weighted by atomic mass is 10.1. The Bertz CT molecular complexity index is 471. The Balaban J connectivity index is 2.23. The average molecular weight is 237 g/mol. The van der Waals surface area contributed by atoms with E-state index in [1.165, 1.54) is 0 Å². The number of nitrogens with one attached hydrogen (secondary N) is 1. The Hall–Kier alpha value is -1.20. The summed E-state index contributed by atoms with van der Waals surface area (Å²) in [6.45, 7) is 4.22. The van der Waals surface area contributed by atoms with Crippen LogP contribution in [-0.4, -0.2) is 27.7 Å². The number of aromatic nitrogens is 2. The van der Waals surface area contributed by atoms with E-state index in [-0.39, 0.29) is 18.6 Å². The quantitative estimate of drug-likeness (QED) is 0.855. The summed E-state index contributed by atoms with van der Waals surface area (Å²) >= 11 is 1.60. The Morgan fingerprint density at radius 2 is 2.25 bits per heavy atom. The van der Waals surface area contributed by atoms with Crippen molar-refractivity contribution < 1.29 is 5.11 Å². The third-order valence-electron chi connectivity index (χ3n) is 2.77. The van der Waals surface area contributed by atoms with Crippen molar-refractivity contribution in [2.45, 2.75) is 19.9 Å². The fraction of sp³-hybridized carbons (Fsp3) is 0.455. The molecule has 2 aromatic heterocycles. The van der Waals surface area contributed by atoms with Crippen molar-refractivity contribution in [3.05, 3.63) is 17.8 Å². The number of hydrogen-bond acceptors (Lipinski definition) is 5. The van der Waals surface area contributed by atoms with Gasteiger partial charge in [0.1, 0.15) is 17.0 Å². The largest absolute Gasteiger partial charge is 0.396 e. The molecular weight excluding hydrogens is 222 g/mol. The van der Waals surface area contributed by atoms with E-state index >= 15 is 0 Å². The van der Waals surface area contributed by atoms with Gasteiger partial charge in [0.15, 0.2) is 0 Å². The number of hydrogen-bond donors (Lipinski definition) is 2. The number of nitrogens with zero attached hydrogens (tertiary/aromatic N) is 2. The van der Waals surface area contributed by atoms with Crippen molar-refractivity contribution >= 4 is 27.4 Å². The van der Waals surface area contributed by atoms with Crippen LogP contribution < -0.4 is 5.32 Å². The zero-order valence-electron chi connectivity index (χ0n) is 9.34. The lowest BCUT2D eigenvalue weighted by molar-refractivity contribution is 0.226. The molecule has 16 heavy (non-hydrogen) atoms. The van der Waals surface area contributed by atoms with Crippen LogP contribution in [0.2, 0.25) is 0 Å². The molecule has 0 fully saturated rings. The molecule has 2 atom stereocenters. The lowest BCUT2D eigenvalue weighted by Gasteiger charge is -2.19. The summed E-state index contributed by atoms with van der Waals surface area (Å²) in [4.78, 5) is 9.42. The molecule has 0 aromatic carbocycles. The molecule has 0 amide bonds. The summed E-state index contributed by atoms with van der Waals surface area (Å²) in [5, 5.41) is 15.5. The van der Waals surface area contributed by atoms with Gasteiger partial charge in [-0.1, -0.05) is 6.92 Å². The minimum atomic E-state index is 0.173. The van der Waals surface area contributed by atoms with Crippen molar-refractivity contribution in [2.24, 2.45) is 5.92 Å². The zero-order chi connectivity index (χ0) is 11.5. The van der Waals surface area contributed by atoms with Gasteiger partial charge in [0.25, 0.3) is 0 Å². The third-order valence-corrected chi connectivity index (χ3v) is 3.59. The summed E-state index contributed by atoms with van der Waals surface area (Å²) in [5.41, 5.74) is 0. The fourth-order valence-electron chi connectivity index (χ4n) is 1.42. The highest BCUT2D eigenvalue weighted by molar-refractivity contribution is 7.16. The van der Waals surface area contributed by atoms with Gasteiger partial charge >= 0.3 is 0 Å². The molecule has 5 heteroatoms. The molecule has 0 saturated heterocycles.